The second-order valence-electron chi connectivity index (χ2n) is 5.52. The van der Waals surface area contributed by atoms with Crippen molar-refractivity contribution in [2.24, 2.45) is 4.99 Å². The molecule has 1 aliphatic heterocycles. The predicted octanol–water partition coefficient (Wildman–Crippen LogP) is 2.95. The van der Waals surface area contributed by atoms with Crippen molar-refractivity contribution in [3.05, 3.63) is 72.6 Å². The summed E-state index contributed by atoms with van der Waals surface area (Å²) in [6.07, 6.45) is 2.02. The Hall–Kier alpha value is -2.79. The van der Waals surface area contributed by atoms with E-state index in [9.17, 15) is 0 Å². The Morgan fingerprint density at radius 3 is 2.00 bits per heavy atom. The number of benzene rings is 2. The van der Waals surface area contributed by atoms with Gasteiger partial charge in [0, 0.05) is 11.4 Å². The first-order valence-electron chi connectivity index (χ1n) is 7.60. The first-order chi connectivity index (χ1) is 11.2. The molecule has 0 radical (unpaired) electrons. The van der Waals surface area contributed by atoms with Crippen LogP contribution >= 0.6 is 0 Å². The lowest BCUT2D eigenvalue weighted by Crippen LogP contribution is -2.47. The number of hydrogen-bond acceptors (Lipinski definition) is 5. The van der Waals surface area contributed by atoms with Gasteiger partial charge in [-0.1, -0.05) is 36.4 Å². The highest BCUT2D eigenvalue weighted by Crippen LogP contribution is 2.18. The Morgan fingerprint density at radius 2 is 1.43 bits per heavy atom. The summed E-state index contributed by atoms with van der Waals surface area (Å²) < 4.78 is 0. The van der Waals surface area contributed by atoms with Gasteiger partial charge in [-0.05, 0) is 44.3 Å². The molecule has 0 amide bonds. The molecule has 5 heteroatoms. The molecular weight excluding hydrogens is 286 g/mol. The topological polar surface area (TPSA) is 60.5 Å². The average Bonchev–Trinajstić information content (AvgIpc) is 2.56. The maximum atomic E-state index is 4.69. The molecule has 0 bridgehead atoms. The van der Waals surface area contributed by atoms with E-state index in [0.29, 0.717) is 5.96 Å². The van der Waals surface area contributed by atoms with Crippen LogP contribution in [0, 0.1) is 0 Å². The lowest BCUT2D eigenvalue weighted by atomic mass is 10.1. The summed E-state index contributed by atoms with van der Waals surface area (Å²) in [5, 5.41) is 13.2. The van der Waals surface area contributed by atoms with E-state index in [-0.39, 0.29) is 0 Å². The van der Waals surface area contributed by atoms with Gasteiger partial charge in [0.2, 0.25) is 5.96 Å². The average molecular weight is 307 g/mol. The van der Waals surface area contributed by atoms with Gasteiger partial charge in [0.05, 0.1) is 0 Å². The summed E-state index contributed by atoms with van der Waals surface area (Å²) in [6, 6.07) is 20.0. The number of rotatable bonds is 4. The zero-order chi connectivity index (χ0) is 16.1. The summed E-state index contributed by atoms with van der Waals surface area (Å²) in [5.74, 6) is 1.57. The fraction of sp³-hybridized carbons (Fsp3) is 0.167. The zero-order valence-corrected chi connectivity index (χ0v) is 13.3. The summed E-state index contributed by atoms with van der Waals surface area (Å²) in [7, 11) is 1.89. The summed E-state index contributed by atoms with van der Waals surface area (Å²) >= 11 is 0. The van der Waals surface area contributed by atoms with Gasteiger partial charge in [0.1, 0.15) is 11.5 Å². The Morgan fingerprint density at radius 1 is 0.870 bits per heavy atom. The van der Waals surface area contributed by atoms with E-state index >= 15 is 0 Å². The van der Waals surface area contributed by atoms with E-state index in [1.54, 1.807) is 0 Å². The first kappa shape index (κ1) is 15.1. The van der Waals surface area contributed by atoms with Crippen LogP contribution in [0.2, 0.25) is 0 Å². The Bertz CT molecular complexity index is 649. The molecule has 2 aromatic carbocycles. The number of anilines is 2. The van der Waals surface area contributed by atoms with Crippen LogP contribution in [0.25, 0.3) is 0 Å². The number of likely N-dealkylation sites (N-methyl/N-ethyl adjacent to an activating group) is 1. The number of guanidine groups is 1. The van der Waals surface area contributed by atoms with Crippen molar-refractivity contribution in [1.29, 1.82) is 0 Å². The van der Waals surface area contributed by atoms with Gasteiger partial charge in [-0.3, -0.25) is 5.32 Å². The van der Waals surface area contributed by atoms with E-state index in [2.05, 4.69) is 26.3 Å². The number of hydrogen-bond donors (Lipinski definition) is 4. The number of nitrogens with one attached hydrogen (secondary N) is 4. The van der Waals surface area contributed by atoms with Crippen molar-refractivity contribution in [2.75, 3.05) is 17.7 Å². The molecule has 1 heterocycles. The molecule has 0 saturated carbocycles. The van der Waals surface area contributed by atoms with E-state index in [0.717, 1.165) is 17.2 Å². The molecule has 2 aromatic rings. The summed E-state index contributed by atoms with van der Waals surface area (Å²) in [5.41, 5.74) is 1.52. The molecule has 23 heavy (non-hydrogen) atoms. The third-order valence-electron chi connectivity index (χ3n) is 3.62. The minimum absolute atomic E-state index is 0.487. The number of para-hydroxylation sites is 2. The molecule has 1 aliphatic rings. The van der Waals surface area contributed by atoms with Gasteiger partial charge in [-0.15, -0.1) is 0 Å². The molecule has 0 saturated heterocycles. The van der Waals surface area contributed by atoms with Crippen LogP contribution in [0.5, 0.6) is 0 Å². The van der Waals surface area contributed by atoms with Crippen LogP contribution in [-0.4, -0.2) is 18.7 Å². The monoisotopic (exact) mass is 307 g/mol. The summed E-state index contributed by atoms with van der Waals surface area (Å²) in [6.45, 7) is 2.02. The third kappa shape index (κ3) is 3.90. The van der Waals surface area contributed by atoms with Crippen molar-refractivity contribution in [3.8, 4) is 0 Å². The quantitative estimate of drug-likeness (QED) is 0.701. The number of nitrogens with zero attached hydrogens (tertiary/aromatic N) is 1. The normalized spacial score (nSPS) is 20.1. The van der Waals surface area contributed by atoms with Crippen molar-refractivity contribution in [3.63, 3.8) is 0 Å². The van der Waals surface area contributed by atoms with E-state index in [1.165, 1.54) is 0 Å². The molecule has 4 N–H and O–H groups in total. The lowest BCUT2D eigenvalue weighted by molar-refractivity contribution is 0.490. The maximum Gasteiger partial charge on any atom is 0.203 e. The lowest BCUT2D eigenvalue weighted by Gasteiger charge is -2.30. The minimum atomic E-state index is -0.487. The molecule has 3 rings (SSSR count). The van der Waals surface area contributed by atoms with Crippen molar-refractivity contribution < 1.29 is 0 Å². The van der Waals surface area contributed by atoms with Gasteiger partial charge in [-0.2, -0.15) is 0 Å². The standard InChI is InChI=1S/C18H21N5/c1-18(19-2)13-16(20-14-9-5-3-6-10-14)22-17(23-18)21-15-11-7-4-8-12-15/h3-13,19-20H,1-2H3,(H2,21,22,23). The highest BCUT2D eigenvalue weighted by Gasteiger charge is 2.25. The van der Waals surface area contributed by atoms with Gasteiger partial charge >= 0.3 is 0 Å². The van der Waals surface area contributed by atoms with Gasteiger partial charge in [-0.25, -0.2) is 4.99 Å². The van der Waals surface area contributed by atoms with E-state index < -0.39 is 5.66 Å². The third-order valence-corrected chi connectivity index (χ3v) is 3.62. The highest BCUT2D eigenvalue weighted by atomic mass is 15.3. The van der Waals surface area contributed by atoms with Crippen LogP contribution < -0.4 is 21.3 Å². The Labute approximate surface area is 136 Å². The molecule has 0 spiro atoms. The largest absolute Gasteiger partial charge is 0.342 e. The number of aliphatic imine (C=N–C) groups is 1. The van der Waals surface area contributed by atoms with Crippen LogP contribution in [0.4, 0.5) is 11.4 Å². The molecule has 1 unspecified atom stereocenters. The molecule has 5 nitrogen and oxygen atoms in total. The molecule has 1 atom stereocenters. The van der Waals surface area contributed by atoms with Crippen LogP contribution in [0.1, 0.15) is 6.92 Å². The predicted molar refractivity (Wildman–Crippen MR) is 96.2 cm³/mol. The molecule has 0 aromatic heterocycles. The second-order valence-corrected chi connectivity index (χ2v) is 5.52. The SMILES string of the molecule is CNC1(C)C=C(Nc2ccccc2)NC(Nc2ccccc2)=N1. The zero-order valence-electron chi connectivity index (χ0n) is 13.3. The first-order valence-corrected chi connectivity index (χ1v) is 7.60. The van der Waals surface area contributed by atoms with Crippen LogP contribution in [0.15, 0.2) is 77.6 Å². The van der Waals surface area contributed by atoms with E-state index in [4.69, 9.17) is 0 Å². The van der Waals surface area contributed by atoms with E-state index in [1.807, 2.05) is 80.7 Å². The highest BCUT2D eigenvalue weighted by molar-refractivity contribution is 5.96. The van der Waals surface area contributed by atoms with Crippen molar-refractivity contribution in [1.82, 2.24) is 10.6 Å². The van der Waals surface area contributed by atoms with Crippen molar-refractivity contribution in [2.45, 2.75) is 12.6 Å². The van der Waals surface area contributed by atoms with Gasteiger partial charge in [0.25, 0.3) is 0 Å². The van der Waals surface area contributed by atoms with Crippen LogP contribution in [0.3, 0.4) is 0 Å². The van der Waals surface area contributed by atoms with Crippen molar-refractivity contribution >= 4 is 17.3 Å². The maximum absolute atomic E-state index is 4.69. The fourth-order valence-corrected chi connectivity index (χ4v) is 2.33. The van der Waals surface area contributed by atoms with Gasteiger partial charge in [0.15, 0.2) is 0 Å². The molecular formula is C18H21N5. The molecule has 0 aliphatic carbocycles. The minimum Gasteiger partial charge on any atom is -0.342 e. The Kier molecular flexibility index (Phi) is 4.30. The molecule has 118 valence electrons. The molecule has 0 fully saturated rings. The summed E-state index contributed by atoms with van der Waals surface area (Å²) in [4.78, 5) is 4.69. The van der Waals surface area contributed by atoms with Gasteiger partial charge < -0.3 is 16.0 Å². The Balaban J connectivity index is 1.80. The second kappa shape index (κ2) is 6.54. The smallest absolute Gasteiger partial charge is 0.203 e. The fourth-order valence-electron chi connectivity index (χ4n) is 2.33. The van der Waals surface area contributed by atoms with Crippen LogP contribution in [-0.2, 0) is 0 Å².